The number of nitrogens with zero attached hydrogens (tertiary/aromatic N) is 2. The molecule has 0 bridgehead atoms. The van der Waals surface area contributed by atoms with E-state index >= 15 is 0 Å². The van der Waals surface area contributed by atoms with Crippen LogP contribution < -0.4 is 5.01 Å². The van der Waals surface area contributed by atoms with Crippen LogP contribution >= 0.6 is 0 Å². The van der Waals surface area contributed by atoms with E-state index < -0.39 is 34.9 Å². The van der Waals surface area contributed by atoms with E-state index in [1.807, 2.05) is 0 Å². The fourth-order valence-electron chi connectivity index (χ4n) is 3.74. The molecule has 4 rings (SSSR count). The van der Waals surface area contributed by atoms with Gasteiger partial charge in [0.25, 0.3) is 0 Å². The molecule has 2 heterocycles. The van der Waals surface area contributed by atoms with E-state index in [-0.39, 0.29) is 5.69 Å². The number of anilines is 1. The first kappa shape index (κ1) is 19.8. The molecule has 1 aromatic heterocycles. The van der Waals surface area contributed by atoms with Gasteiger partial charge in [-0.2, -0.15) is 5.10 Å². The van der Waals surface area contributed by atoms with Crippen molar-refractivity contribution in [3.63, 3.8) is 0 Å². The summed E-state index contributed by atoms with van der Waals surface area (Å²) in [5.74, 6) is -3.23. The average Bonchev–Trinajstić information content (AvgIpc) is 3.35. The first-order valence-corrected chi connectivity index (χ1v) is 9.07. The molecule has 8 heteroatoms. The van der Waals surface area contributed by atoms with Gasteiger partial charge in [0.1, 0.15) is 17.4 Å². The van der Waals surface area contributed by atoms with Crippen molar-refractivity contribution in [1.82, 2.24) is 0 Å². The summed E-state index contributed by atoms with van der Waals surface area (Å²) in [4.78, 5) is 13.0. The van der Waals surface area contributed by atoms with Crippen molar-refractivity contribution < 1.29 is 27.1 Å². The molecule has 30 heavy (non-hydrogen) atoms. The van der Waals surface area contributed by atoms with Crippen LogP contribution in [0.15, 0.2) is 70.4 Å². The quantitative estimate of drug-likeness (QED) is 0.584. The predicted octanol–water partition coefficient (Wildman–Crippen LogP) is 4.64. The molecule has 0 saturated heterocycles. The molecule has 1 aliphatic heterocycles. The highest BCUT2D eigenvalue weighted by atomic mass is 19.1. The van der Waals surface area contributed by atoms with Crippen LogP contribution in [0.2, 0.25) is 0 Å². The van der Waals surface area contributed by atoms with Gasteiger partial charge >= 0.3 is 5.97 Å². The number of ether oxygens (including phenoxy) is 1. The number of hydrogen-bond acceptors (Lipinski definition) is 5. The lowest BCUT2D eigenvalue weighted by atomic mass is 9.79. The van der Waals surface area contributed by atoms with Crippen LogP contribution in [0, 0.1) is 17.5 Å². The van der Waals surface area contributed by atoms with Crippen LogP contribution in [-0.2, 0) is 9.53 Å². The second-order valence-corrected chi connectivity index (χ2v) is 6.99. The van der Waals surface area contributed by atoms with E-state index in [1.54, 1.807) is 12.1 Å². The molecule has 0 aliphatic carbocycles. The Morgan fingerprint density at radius 3 is 2.40 bits per heavy atom. The van der Waals surface area contributed by atoms with Crippen LogP contribution in [0.5, 0.6) is 0 Å². The summed E-state index contributed by atoms with van der Waals surface area (Å²) >= 11 is 0. The number of halogens is 3. The van der Waals surface area contributed by atoms with Gasteiger partial charge < -0.3 is 9.15 Å². The maximum absolute atomic E-state index is 14.7. The Bertz CT molecular complexity index is 1110. The lowest BCUT2D eigenvalue weighted by Gasteiger charge is -2.35. The molecule has 0 radical (unpaired) electrons. The molecule has 2 unspecified atom stereocenters. The summed E-state index contributed by atoms with van der Waals surface area (Å²) in [6, 6.07) is 11.8. The van der Waals surface area contributed by atoms with Gasteiger partial charge in [0.2, 0.25) is 0 Å². The second kappa shape index (κ2) is 7.37. The lowest BCUT2D eigenvalue weighted by molar-refractivity contribution is -0.146. The summed E-state index contributed by atoms with van der Waals surface area (Å²) in [7, 11) is 1.21. The predicted molar refractivity (Wildman–Crippen MR) is 104 cm³/mol. The fraction of sp³-hybridized carbons (Fsp3) is 0.182. The number of benzene rings is 2. The maximum atomic E-state index is 14.7. The number of rotatable bonds is 4. The number of methoxy groups -OCH3 is 1. The minimum absolute atomic E-state index is 0.113. The van der Waals surface area contributed by atoms with Crippen LogP contribution in [0.3, 0.4) is 0 Å². The molecular weight excluding hydrogens is 397 g/mol. The highest BCUT2D eigenvalue weighted by molar-refractivity contribution is 6.12. The Labute approximate surface area is 170 Å². The van der Waals surface area contributed by atoms with Crippen molar-refractivity contribution in [2.45, 2.75) is 18.4 Å². The van der Waals surface area contributed by atoms with Crippen molar-refractivity contribution in [1.29, 1.82) is 0 Å². The molecule has 0 fully saturated rings. The molecule has 2 aromatic carbocycles. The number of esters is 1. The Balaban J connectivity index is 1.97. The van der Waals surface area contributed by atoms with Gasteiger partial charge in [-0.3, -0.25) is 0 Å². The van der Waals surface area contributed by atoms with E-state index in [9.17, 15) is 18.0 Å². The van der Waals surface area contributed by atoms with E-state index in [2.05, 4.69) is 5.10 Å². The summed E-state index contributed by atoms with van der Waals surface area (Å²) in [6.45, 7) is 1.54. The van der Waals surface area contributed by atoms with Crippen LogP contribution in [0.1, 0.15) is 24.2 Å². The standard InChI is InChI=1S/C22H17F3N2O3/c1-22(21(28)29-2)19(18-4-3-11-30-18)20(13-5-7-14(23)8-6-13)26-27(22)17-10-9-15(24)12-16(17)25/h3-12,19H,1-2H3. The van der Waals surface area contributed by atoms with Crippen LogP contribution in [-0.4, -0.2) is 24.3 Å². The normalized spacial score (nSPS) is 20.9. The zero-order chi connectivity index (χ0) is 21.5. The van der Waals surface area contributed by atoms with E-state index in [4.69, 9.17) is 9.15 Å². The molecule has 1 aliphatic rings. The molecule has 2 atom stereocenters. The lowest BCUT2D eigenvalue weighted by Crippen LogP contribution is -2.52. The third-order valence-corrected chi connectivity index (χ3v) is 5.19. The smallest absolute Gasteiger partial charge is 0.334 e. The van der Waals surface area contributed by atoms with Crippen LogP contribution in [0.25, 0.3) is 0 Å². The van der Waals surface area contributed by atoms with Crippen molar-refractivity contribution in [3.05, 3.63) is 89.6 Å². The SMILES string of the molecule is COC(=O)C1(C)C(c2ccco2)C(c2ccc(F)cc2)=NN1c1ccc(F)cc1F. The molecule has 154 valence electrons. The van der Waals surface area contributed by atoms with Crippen LogP contribution in [0.4, 0.5) is 18.9 Å². The summed E-state index contributed by atoms with van der Waals surface area (Å²) < 4.78 is 52.3. The molecule has 3 aromatic rings. The topological polar surface area (TPSA) is 55.0 Å². The van der Waals surface area contributed by atoms with Gasteiger partial charge in [-0.15, -0.1) is 0 Å². The molecule has 5 nitrogen and oxygen atoms in total. The van der Waals surface area contributed by atoms with Gasteiger partial charge in [0, 0.05) is 6.07 Å². The Kier molecular flexibility index (Phi) is 4.85. The van der Waals surface area contributed by atoms with Crippen molar-refractivity contribution >= 4 is 17.4 Å². The minimum Gasteiger partial charge on any atom is -0.469 e. The average molecular weight is 414 g/mol. The van der Waals surface area contributed by atoms with E-state index in [0.29, 0.717) is 23.1 Å². The molecule has 0 spiro atoms. The molecule has 0 amide bonds. The van der Waals surface area contributed by atoms with E-state index in [0.717, 1.165) is 6.07 Å². The third-order valence-electron chi connectivity index (χ3n) is 5.19. The Hall–Kier alpha value is -3.55. The number of carbonyl (C=O) groups is 1. The maximum Gasteiger partial charge on any atom is 0.334 e. The Morgan fingerprint density at radius 2 is 1.80 bits per heavy atom. The minimum atomic E-state index is -1.56. The number of hydrogen-bond donors (Lipinski definition) is 0. The first-order chi connectivity index (χ1) is 14.4. The molecule has 0 saturated carbocycles. The molecule has 0 N–H and O–H groups in total. The zero-order valence-corrected chi connectivity index (χ0v) is 16.1. The highest BCUT2D eigenvalue weighted by Crippen LogP contribution is 2.46. The van der Waals surface area contributed by atoms with Gasteiger partial charge in [-0.1, -0.05) is 12.1 Å². The highest BCUT2D eigenvalue weighted by Gasteiger charge is 2.57. The van der Waals surface area contributed by atoms with Crippen molar-refractivity contribution in [2.24, 2.45) is 5.10 Å². The summed E-state index contributed by atoms with van der Waals surface area (Å²) in [5, 5.41) is 5.68. The number of hydrazone groups is 1. The summed E-state index contributed by atoms with van der Waals surface area (Å²) in [6.07, 6.45) is 1.44. The largest absolute Gasteiger partial charge is 0.469 e. The monoisotopic (exact) mass is 414 g/mol. The first-order valence-electron chi connectivity index (χ1n) is 9.07. The van der Waals surface area contributed by atoms with Gasteiger partial charge in [0.05, 0.1) is 30.7 Å². The zero-order valence-electron chi connectivity index (χ0n) is 16.1. The number of carbonyl (C=O) groups excluding carboxylic acids is 1. The van der Waals surface area contributed by atoms with E-state index in [1.165, 1.54) is 55.6 Å². The number of furan rings is 1. The van der Waals surface area contributed by atoms with Crippen molar-refractivity contribution in [2.75, 3.05) is 12.1 Å². The van der Waals surface area contributed by atoms with Gasteiger partial charge in [-0.25, -0.2) is 23.0 Å². The second-order valence-electron chi connectivity index (χ2n) is 6.99. The van der Waals surface area contributed by atoms with Gasteiger partial charge in [0.15, 0.2) is 11.4 Å². The summed E-state index contributed by atoms with van der Waals surface area (Å²) in [5.41, 5.74) is -0.813. The molecular formula is C22H17F3N2O3. The third kappa shape index (κ3) is 3.04. The van der Waals surface area contributed by atoms with Crippen molar-refractivity contribution in [3.8, 4) is 0 Å². The van der Waals surface area contributed by atoms with Gasteiger partial charge in [-0.05, 0) is 48.9 Å². The Morgan fingerprint density at radius 1 is 1.10 bits per heavy atom. The fourth-order valence-corrected chi connectivity index (χ4v) is 3.74.